The Bertz CT molecular complexity index is 436. The predicted octanol–water partition coefficient (Wildman–Crippen LogP) is 3.29. The second-order valence-corrected chi connectivity index (χ2v) is 10.8. The maximum Gasteiger partial charge on any atom is 0.0162 e. The van der Waals surface area contributed by atoms with Gasteiger partial charge in [-0.3, -0.25) is 0 Å². The molecular formula is C20H32N2. The molecule has 6 unspecified atom stereocenters. The van der Waals surface area contributed by atoms with Crippen molar-refractivity contribution in [1.82, 2.24) is 0 Å². The van der Waals surface area contributed by atoms with Crippen LogP contribution >= 0.6 is 0 Å². The first kappa shape index (κ1) is 13.2. The lowest BCUT2D eigenvalue weighted by atomic mass is 9.40. The first-order chi connectivity index (χ1) is 10.5. The van der Waals surface area contributed by atoms with E-state index in [1.807, 2.05) is 0 Å². The summed E-state index contributed by atoms with van der Waals surface area (Å²) in [6.07, 6.45) is 14.2. The first-order valence-electron chi connectivity index (χ1n) is 10.1. The molecule has 122 valence electrons. The fourth-order valence-corrected chi connectivity index (χ4v) is 9.51. The van der Waals surface area contributed by atoms with Crippen molar-refractivity contribution in [2.75, 3.05) is 0 Å². The molecule has 8 aliphatic carbocycles. The molecule has 0 amide bonds. The van der Waals surface area contributed by atoms with Crippen molar-refractivity contribution in [3.8, 4) is 0 Å². The summed E-state index contributed by atoms with van der Waals surface area (Å²) in [5, 5.41) is 0. The lowest BCUT2D eigenvalue weighted by Crippen LogP contribution is -2.65. The van der Waals surface area contributed by atoms with Crippen LogP contribution in [-0.4, -0.2) is 11.1 Å². The van der Waals surface area contributed by atoms with E-state index in [0.29, 0.717) is 0 Å². The van der Waals surface area contributed by atoms with Crippen LogP contribution in [0.5, 0.6) is 0 Å². The van der Waals surface area contributed by atoms with Gasteiger partial charge in [-0.15, -0.1) is 0 Å². The summed E-state index contributed by atoms with van der Waals surface area (Å²) in [5.74, 6) is 7.95. The average Bonchev–Trinajstić information content (AvgIpc) is 2.37. The van der Waals surface area contributed by atoms with Gasteiger partial charge in [0.1, 0.15) is 0 Å². The Hall–Kier alpha value is -0.0800. The number of hydrogen-bond donors (Lipinski definition) is 2. The zero-order chi connectivity index (χ0) is 14.7. The third-order valence-electron chi connectivity index (χ3n) is 9.23. The summed E-state index contributed by atoms with van der Waals surface area (Å²) in [7, 11) is 0. The predicted molar refractivity (Wildman–Crippen MR) is 87.9 cm³/mol. The number of rotatable bonds is 1. The van der Waals surface area contributed by atoms with Crippen molar-refractivity contribution in [1.29, 1.82) is 0 Å². The Morgan fingerprint density at radius 3 is 1.09 bits per heavy atom. The SMILES string of the molecule is NC12CC3C[C@H](C1)C(C1[C@@H]4CC5C[C@H]1CC(N)(C5)C4)[C@@H](C3)C2. The quantitative estimate of drug-likeness (QED) is 0.780. The van der Waals surface area contributed by atoms with E-state index in [0.717, 1.165) is 47.3 Å². The van der Waals surface area contributed by atoms with Gasteiger partial charge in [-0.1, -0.05) is 0 Å². The molecule has 0 aliphatic heterocycles. The van der Waals surface area contributed by atoms with Crippen LogP contribution in [0.15, 0.2) is 0 Å². The van der Waals surface area contributed by atoms with Crippen LogP contribution in [0.25, 0.3) is 0 Å². The highest BCUT2D eigenvalue weighted by Crippen LogP contribution is 2.66. The molecule has 0 aromatic rings. The van der Waals surface area contributed by atoms with Crippen LogP contribution in [0.4, 0.5) is 0 Å². The maximum absolute atomic E-state index is 6.76. The van der Waals surface area contributed by atoms with Gasteiger partial charge in [-0.05, 0) is 112 Å². The largest absolute Gasteiger partial charge is 0.325 e. The molecule has 22 heavy (non-hydrogen) atoms. The third kappa shape index (κ3) is 1.64. The van der Waals surface area contributed by atoms with Gasteiger partial charge in [0.25, 0.3) is 0 Å². The van der Waals surface area contributed by atoms with Gasteiger partial charge >= 0.3 is 0 Å². The molecule has 2 heteroatoms. The standard InChI is InChI=1S/C20H32N2/c21-19-5-11-1-13(7-19)17(14(2-11)8-19)18-15-3-12-4-16(18)10-20(22,6-12)9-15/h11-18H,1-10,21-22H2/t11?,12?,13-,14+,15-,16+,17?,18?,19?,20?. The Morgan fingerprint density at radius 1 is 0.500 bits per heavy atom. The molecule has 8 aliphatic rings. The van der Waals surface area contributed by atoms with E-state index in [1.54, 1.807) is 0 Å². The summed E-state index contributed by atoms with van der Waals surface area (Å²) >= 11 is 0. The molecule has 8 bridgehead atoms. The monoisotopic (exact) mass is 300 g/mol. The molecular weight excluding hydrogens is 268 g/mol. The van der Waals surface area contributed by atoms with E-state index in [1.165, 1.54) is 64.2 Å². The van der Waals surface area contributed by atoms with E-state index < -0.39 is 0 Å². The van der Waals surface area contributed by atoms with Crippen molar-refractivity contribution in [2.45, 2.75) is 75.3 Å². The van der Waals surface area contributed by atoms with Gasteiger partial charge in [-0.2, -0.15) is 0 Å². The molecule has 0 aromatic carbocycles. The van der Waals surface area contributed by atoms with Crippen LogP contribution in [-0.2, 0) is 0 Å². The van der Waals surface area contributed by atoms with Crippen LogP contribution in [0, 0.1) is 47.3 Å². The summed E-state index contributed by atoms with van der Waals surface area (Å²) in [4.78, 5) is 0. The van der Waals surface area contributed by atoms with Gasteiger partial charge < -0.3 is 11.5 Å². The smallest absolute Gasteiger partial charge is 0.0162 e. The van der Waals surface area contributed by atoms with Gasteiger partial charge in [0.2, 0.25) is 0 Å². The normalized spacial score (nSPS) is 67.9. The Morgan fingerprint density at radius 2 is 0.818 bits per heavy atom. The first-order valence-corrected chi connectivity index (χ1v) is 10.1. The highest BCUT2D eigenvalue weighted by atomic mass is 14.8. The van der Waals surface area contributed by atoms with E-state index in [2.05, 4.69) is 0 Å². The molecule has 0 radical (unpaired) electrons. The van der Waals surface area contributed by atoms with Crippen LogP contribution in [0.3, 0.4) is 0 Å². The molecule has 0 heterocycles. The van der Waals surface area contributed by atoms with Gasteiger partial charge in [0, 0.05) is 11.1 Å². The highest BCUT2D eigenvalue weighted by molar-refractivity contribution is 5.14. The Labute approximate surface area is 134 Å². The minimum absolute atomic E-state index is 0.244. The van der Waals surface area contributed by atoms with E-state index in [9.17, 15) is 0 Å². The fraction of sp³-hybridized carbons (Fsp3) is 1.00. The molecule has 0 spiro atoms. The lowest BCUT2D eigenvalue weighted by molar-refractivity contribution is -0.147. The van der Waals surface area contributed by atoms with Gasteiger partial charge in [0.05, 0.1) is 0 Å². The van der Waals surface area contributed by atoms with Crippen molar-refractivity contribution in [3.05, 3.63) is 0 Å². The maximum atomic E-state index is 6.76. The minimum Gasteiger partial charge on any atom is -0.325 e. The van der Waals surface area contributed by atoms with Gasteiger partial charge in [0.15, 0.2) is 0 Å². The fourth-order valence-electron chi connectivity index (χ4n) is 9.51. The summed E-state index contributed by atoms with van der Waals surface area (Å²) < 4.78 is 0. The molecule has 0 aromatic heterocycles. The third-order valence-corrected chi connectivity index (χ3v) is 9.23. The molecule has 8 rings (SSSR count). The van der Waals surface area contributed by atoms with E-state index in [4.69, 9.17) is 11.5 Å². The van der Waals surface area contributed by atoms with Crippen LogP contribution in [0.2, 0.25) is 0 Å². The van der Waals surface area contributed by atoms with E-state index in [-0.39, 0.29) is 11.1 Å². The number of fused-ring (bicyclic) bond motifs is 1. The molecule has 8 saturated carbocycles. The minimum atomic E-state index is 0.244. The Kier molecular flexibility index (Phi) is 2.37. The molecule has 0 saturated heterocycles. The van der Waals surface area contributed by atoms with Crippen LogP contribution in [0.1, 0.15) is 64.2 Å². The number of nitrogens with two attached hydrogens (primary N) is 2. The van der Waals surface area contributed by atoms with Crippen molar-refractivity contribution in [2.24, 2.45) is 58.8 Å². The van der Waals surface area contributed by atoms with E-state index >= 15 is 0 Å². The van der Waals surface area contributed by atoms with Crippen molar-refractivity contribution < 1.29 is 0 Å². The Balaban J connectivity index is 1.34. The lowest BCUT2D eigenvalue weighted by Gasteiger charge is -2.66. The molecule has 4 N–H and O–H groups in total. The highest BCUT2D eigenvalue weighted by Gasteiger charge is 2.61. The summed E-state index contributed by atoms with van der Waals surface area (Å²) in [6, 6.07) is 0. The molecule has 2 nitrogen and oxygen atoms in total. The molecule has 10 atom stereocenters. The van der Waals surface area contributed by atoms with Crippen molar-refractivity contribution in [3.63, 3.8) is 0 Å². The number of hydrogen-bond acceptors (Lipinski definition) is 2. The second-order valence-electron chi connectivity index (χ2n) is 10.8. The van der Waals surface area contributed by atoms with Gasteiger partial charge in [-0.25, -0.2) is 0 Å². The second kappa shape index (κ2) is 3.94. The summed E-state index contributed by atoms with van der Waals surface area (Å²) in [5.41, 5.74) is 14.0. The molecule has 8 fully saturated rings. The topological polar surface area (TPSA) is 52.0 Å². The zero-order valence-electron chi connectivity index (χ0n) is 13.8. The summed E-state index contributed by atoms with van der Waals surface area (Å²) in [6.45, 7) is 0. The van der Waals surface area contributed by atoms with Crippen molar-refractivity contribution >= 4 is 0 Å². The zero-order valence-corrected chi connectivity index (χ0v) is 13.8. The van der Waals surface area contributed by atoms with Crippen LogP contribution < -0.4 is 11.5 Å². The average molecular weight is 300 g/mol.